The van der Waals surface area contributed by atoms with E-state index < -0.39 is 46.0 Å². The fourth-order valence-corrected chi connectivity index (χ4v) is 7.16. The van der Waals surface area contributed by atoms with E-state index in [1.807, 2.05) is 84.0 Å². The molecule has 3 amide bonds. The first-order chi connectivity index (χ1) is 22.5. The van der Waals surface area contributed by atoms with E-state index in [-0.39, 0.29) is 29.8 Å². The minimum atomic E-state index is -2.97. The van der Waals surface area contributed by atoms with Crippen molar-refractivity contribution < 1.29 is 29.3 Å². The number of aliphatic hydroxyl groups is 2. The van der Waals surface area contributed by atoms with Gasteiger partial charge in [-0.1, -0.05) is 85.9 Å². The molecular weight excluding hydrogens is 649 g/mol. The van der Waals surface area contributed by atoms with Crippen LogP contribution in [0.25, 0.3) is 10.8 Å². The van der Waals surface area contributed by atoms with Crippen LogP contribution in [0, 0.1) is 0 Å². The van der Waals surface area contributed by atoms with E-state index in [1.54, 1.807) is 30.3 Å². The molecule has 0 bridgehead atoms. The number of thioether (sulfide) groups is 1. The summed E-state index contributed by atoms with van der Waals surface area (Å²) < 4.78 is 5.15. The fourth-order valence-electron chi connectivity index (χ4n) is 5.67. The fraction of sp³-hybridized carbons (Fsp3) is 0.444. The highest BCUT2D eigenvalue weighted by molar-refractivity contribution is 8.00. The molecule has 1 aliphatic rings. The summed E-state index contributed by atoms with van der Waals surface area (Å²) in [6.07, 6.45) is 0.394. The number of thiocarbonyl (C=S) groups is 1. The first kappa shape index (κ1) is 37.1. The first-order valence-corrected chi connectivity index (χ1v) is 17.4. The smallest absolute Gasteiger partial charge is 0.286 e. The van der Waals surface area contributed by atoms with Gasteiger partial charge in [-0.15, -0.1) is 11.8 Å². The highest BCUT2D eigenvalue weighted by atomic mass is 32.2. The Balaban J connectivity index is 1.52. The number of carbonyl (C=O) groups is 3. The molecule has 0 radical (unpaired) electrons. The zero-order valence-corrected chi connectivity index (χ0v) is 29.9. The minimum absolute atomic E-state index is 0.0114. The maximum absolute atomic E-state index is 14.0. The number of amides is 3. The molecule has 12 heteroatoms. The normalized spacial score (nSPS) is 17.3. The van der Waals surface area contributed by atoms with Gasteiger partial charge in [0.2, 0.25) is 5.91 Å². The molecule has 0 aromatic heterocycles. The molecule has 3 atom stereocenters. The monoisotopic (exact) mass is 694 g/mol. The number of benzene rings is 3. The minimum Gasteiger partial charge on any atom is -0.483 e. The Morgan fingerprint density at radius 3 is 2.31 bits per heavy atom. The molecule has 10 nitrogen and oxygen atoms in total. The van der Waals surface area contributed by atoms with Crippen LogP contribution in [0.3, 0.4) is 0 Å². The third-order valence-corrected chi connectivity index (χ3v) is 9.90. The van der Waals surface area contributed by atoms with Gasteiger partial charge in [0.1, 0.15) is 11.8 Å². The molecule has 0 aliphatic carbocycles. The van der Waals surface area contributed by atoms with Crippen molar-refractivity contribution in [3.63, 3.8) is 0 Å². The summed E-state index contributed by atoms with van der Waals surface area (Å²) in [7, 11) is 0. The van der Waals surface area contributed by atoms with Crippen molar-refractivity contribution in [1.29, 1.82) is 0 Å². The van der Waals surface area contributed by atoms with E-state index in [2.05, 4.69) is 16.0 Å². The summed E-state index contributed by atoms with van der Waals surface area (Å²) in [6.45, 7) is 10.8. The van der Waals surface area contributed by atoms with Crippen molar-refractivity contribution in [3.8, 4) is 5.75 Å². The molecule has 5 N–H and O–H groups in total. The highest BCUT2D eigenvalue weighted by Crippen LogP contribution is 2.41. The second-order valence-corrected chi connectivity index (χ2v) is 15.6. The van der Waals surface area contributed by atoms with Crippen LogP contribution in [-0.2, 0) is 20.8 Å². The van der Waals surface area contributed by atoms with Crippen LogP contribution in [0.5, 0.6) is 5.75 Å². The lowest BCUT2D eigenvalue weighted by Gasteiger charge is -2.38. The number of nitrogens with zero attached hydrogens (tertiary/aromatic N) is 1. The Morgan fingerprint density at radius 2 is 1.65 bits per heavy atom. The van der Waals surface area contributed by atoms with E-state index in [0.29, 0.717) is 12.2 Å². The zero-order valence-electron chi connectivity index (χ0n) is 28.3. The maximum Gasteiger partial charge on any atom is 0.286 e. The largest absolute Gasteiger partial charge is 0.483 e. The number of carbonyl (C=O) groups excluding carboxylic acids is 3. The summed E-state index contributed by atoms with van der Waals surface area (Å²) in [5.74, 6) is -4.14. The predicted molar refractivity (Wildman–Crippen MR) is 194 cm³/mol. The van der Waals surface area contributed by atoms with E-state index in [1.165, 1.54) is 16.7 Å². The highest BCUT2D eigenvalue weighted by Gasteiger charge is 2.55. The number of nitrogens with one attached hydrogen (secondary N) is 3. The van der Waals surface area contributed by atoms with Gasteiger partial charge in [-0.25, -0.2) is 0 Å². The van der Waals surface area contributed by atoms with Crippen LogP contribution in [0.15, 0.2) is 72.8 Å². The molecule has 0 spiro atoms. The van der Waals surface area contributed by atoms with Crippen molar-refractivity contribution in [2.24, 2.45) is 0 Å². The molecular formula is C36H46N4O6S2. The molecule has 3 aromatic carbocycles. The maximum atomic E-state index is 14.0. The van der Waals surface area contributed by atoms with Crippen molar-refractivity contribution >= 4 is 57.5 Å². The van der Waals surface area contributed by atoms with Crippen LogP contribution in [0.1, 0.15) is 53.5 Å². The number of hydrogen-bond donors (Lipinski definition) is 5. The van der Waals surface area contributed by atoms with E-state index in [0.717, 1.165) is 16.3 Å². The van der Waals surface area contributed by atoms with Crippen LogP contribution in [0.2, 0.25) is 0 Å². The van der Waals surface area contributed by atoms with Crippen LogP contribution >= 0.6 is 24.0 Å². The second-order valence-electron chi connectivity index (χ2n) is 13.6. The average Bonchev–Trinajstić information content (AvgIpc) is 3.36. The van der Waals surface area contributed by atoms with Gasteiger partial charge in [0.15, 0.2) is 6.61 Å². The Hall–Kier alpha value is -3.71. The van der Waals surface area contributed by atoms with Gasteiger partial charge in [-0.3, -0.25) is 14.4 Å². The van der Waals surface area contributed by atoms with Crippen molar-refractivity contribution in [2.75, 3.05) is 12.5 Å². The average molecular weight is 695 g/mol. The third kappa shape index (κ3) is 9.04. The summed E-state index contributed by atoms with van der Waals surface area (Å²) in [4.78, 5) is 41.8. The van der Waals surface area contributed by atoms with Crippen LogP contribution in [0.4, 0.5) is 0 Å². The van der Waals surface area contributed by atoms with E-state index >= 15 is 0 Å². The summed E-state index contributed by atoms with van der Waals surface area (Å²) in [6, 6.07) is 19.4. The SMILES string of the molecule is CCC(NC(=O)COc1cccc2ccccc12)C(=S)NC(Cc1ccccc1)C(O)(O)C(=O)N1CSC(C)(C)C1C(=O)NC(C)(C)C. The van der Waals surface area contributed by atoms with Gasteiger partial charge in [0, 0.05) is 15.7 Å². The van der Waals surface area contributed by atoms with E-state index in [9.17, 15) is 24.6 Å². The molecule has 0 saturated carbocycles. The van der Waals surface area contributed by atoms with Crippen molar-refractivity contribution in [1.82, 2.24) is 20.9 Å². The van der Waals surface area contributed by atoms with Gasteiger partial charge in [0.25, 0.3) is 17.6 Å². The molecule has 1 heterocycles. The molecule has 1 aliphatic heterocycles. The van der Waals surface area contributed by atoms with Crippen molar-refractivity contribution in [2.45, 2.75) is 88.6 Å². The van der Waals surface area contributed by atoms with Crippen molar-refractivity contribution in [3.05, 3.63) is 78.4 Å². The Bertz CT molecular complexity index is 1620. The number of ether oxygens (including phenoxy) is 1. The molecule has 3 aromatic rings. The van der Waals surface area contributed by atoms with E-state index in [4.69, 9.17) is 17.0 Å². The molecule has 258 valence electrons. The Labute approximate surface area is 292 Å². The summed E-state index contributed by atoms with van der Waals surface area (Å²) in [5.41, 5.74) is 0.158. The van der Waals surface area contributed by atoms with Gasteiger partial charge in [0.05, 0.1) is 22.9 Å². The van der Waals surface area contributed by atoms with Crippen LogP contribution < -0.4 is 20.7 Å². The number of rotatable bonds is 12. The predicted octanol–water partition coefficient (Wildman–Crippen LogP) is 3.92. The summed E-state index contributed by atoms with van der Waals surface area (Å²) >= 11 is 7.07. The Kier molecular flexibility index (Phi) is 11.8. The number of fused-ring (bicyclic) bond motifs is 1. The molecule has 4 rings (SSSR count). The first-order valence-electron chi connectivity index (χ1n) is 16.0. The van der Waals surface area contributed by atoms with Gasteiger partial charge < -0.3 is 35.8 Å². The topological polar surface area (TPSA) is 140 Å². The lowest BCUT2D eigenvalue weighted by Crippen LogP contribution is -2.66. The van der Waals surface area contributed by atoms with Gasteiger partial charge in [-0.2, -0.15) is 0 Å². The lowest BCUT2D eigenvalue weighted by molar-refractivity contribution is -0.206. The van der Waals surface area contributed by atoms with Gasteiger partial charge in [-0.05, 0) is 64.5 Å². The molecule has 1 saturated heterocycles. The standard InChI is InChI=1S/C36H46N4O6S2/c1-7-26(37-29(41)21-46-27-19-13-17-24-16-11-12-18-25(24)27)32(47)38-28(20-23-14-9-8-10-15-23)36(44,45)33(43)40-22-48-35(5,6)30(40)31(42)39-34(2,3)4/h8-19,26,28,30,44-45H,7,20-22H2,1-6H3,(H,37,41)(H,38,47)(H,39,42). The van der Waals surface area contributed by atoms with Crippen LogP contribution in [-0.4, -0.2) is 84.5 Å². The molecule has 3 unspecified atom stereocenters. The lowest BCUT2D eigenvalue weighted by atomic mass is 9.94. The third-order valence-electron chi connectivity index (χ3n) is 8.12. The molecule has 1 fully saturated rings. The van der Waals surface area contributed by atoms with Gasteiger partial charge >= 0.3 is 0 Å². The Morgan fingerprint density at radius 1 is 1.00 bits per heavy atom. The zero-order chi connectivity index (χ0) is 35.3. The number of hydrogen-bond acceptors (Lipinski definition) is 8. The quantitative estimate of drug-likeness (QED) is 0.141. The second kappa shape index (κ2) is 15.2. The summed E-state index contributed by atoms with van der Waals surface area (Å²) in [5, 5.41) is 33.9. The molecule has 48 heavy (non-hydrogen) atoms.